The Labute approximate surface area is 140 Å². The molecular weight excluding hydrogens is 292 g/mol. The second-order valence-electron chi connectivity index (χ2n) is 6.83. The lowest BCUT2D eigenvalue weighted by Crippen LogP contribution is -2.45. The molecule has 5 heteroatoms. The SMILES string of the molecule is CCCCCCCCCCCC1(C(=O)O)CN(C(C)O)C(C)=N1. The first-order chi connectivity index (χ1) is 10.9. The van der Waals surface area contributed by atoms with E-state index in [1.165, 1.54) is 44.9 Å². The lowest BCUT2D eigenvalue weighted by Gasteiger charge is -2.26. The molecule has 0 aliphatic carbocycles. The Morgan fingerprint density at radius 1 is 1.17 bits per heavy atom. The van der Waals surface area contributed by atoms with E-state index in [1.807, 2.05) is 0 Å². The third-order valence-electron chi connectivity index (χ3n) is 4.77. The van der Waals surface area contributed by atoms with Crippen LogP contribution in [-0.2, 0) is 4.79 Å². The van der Waals surface area contributed by atoms with Crippen LogP contribution in [0.3, 0.4) is 0 Å². The predicted octanol–water partition coefficient (Wildman–Crippen LogP) is 3.80. The summed E-state index contributed by atoms with van der Waals surface area (Å²) in [4.78, 5) is 17.7. The Morgan fingerprint density at radius 2 is 1.70 bits per heavy atom. The molecule has 0 fully saturated rings. The number of unbranched alkanes of at least 4 members (excludes halogenated alkanes) is 8. The number of carboxylic acids is 1. The molecule has 1 rings (SSSR count). The lowest BCUT2D eigenvalue weighted by molar-refractivity contribution is -0.143. The summed E-state index contributed by atoms with van der Waals surface area (Å²) in [5.41, 5.74) is -1.07. The van der Waals surface area contributed by atoms with E-state index in [2.05, 4.69) is 11.9 Å². The van der Waals surface area contributed by atoms with Crippen LogP contribution in [0.5, 0.6) is 0 Å². The molecule has 23 heavy (non-hydrogen) atoms. The summed E-state index contributed by atoms with van der Waals surface area (Å²) in [6.45, 7) is 5.93. The molecular formula is C18H34N2O3. The fourth-order valence-electron chi connectivity index (χ4n) is 3.29. The van der Waals surface area contributed by atoms with Crippen molar-refractivity contribution in [3.63, 3.8) is 0 Å². The van der Waals surface area contributed by atoms with Crippen LogP contribution >= 0.6 is 0 Å². The van der Waals surface area contributed by atoms with E-state index >= 15 is 0 Å². The van der Waals surface area contributed by atoms with E-state index < -0.39 is 17.7 Å². The van der Waals surface area contributed by atoms with Gasteiger partial charge in [-0.3, -0.25) is 4.99 Å². The first kappa shape index (κ1) is 19.9. The average Bonchev–Trinajstić information content (AvgIpc) is 2.84. The standard InChI is InChI=1S/C18H34N2O3/c1-4-5-6-7-8-9-10-11-12-13-18(17(22)23)14-20(16(3)21)15(2)19-18/h16,21H,4-14H2,1-3H3,(H,22,23). The van der Waals surface area contributed by atoms with Crippen LogP contribution in [0, 0.1) is 0 Å². The van der Waals surface area contributed by atoms with Gasteiger partial charge in [0.15, 0.2) is 5.54 Å². The van der Waals surface area contributed by atoms with Crippen molar-refractivity contribution in [3.8, 4) is 0 Å². The van der Waals surface area contributed by atoms with E-state index in [4.69, 9.17) is 0 Å². The molecule has 2 unspecified atom stereocenters. The zero-order valence-corrected chi connectivity index (χ0v) is 15.1. The van der Waals surface area contributed by atoms with E-state index in [0.717, 1.165) is 12.8 Å². The maximum absolute atomic E-state index is 11.7. The summed E-state index contributed by atoms with van der Waals surface area (Å²) in [5.74, 6) is -0.252. The molecule has 134 valence electrons. The molecule has 2 atom stereocenters. The first-order valence-corrected chi connectivity index (χ1v) is 9.17. The summed E-state index contributed by atoms with van der Waals surface area (Å²) in [6.07, 6.45) is 10.8. The number of carbonyl (C=O) groups is 1. The second kappa shape index (κ2) is 9.91. The van der Waals surface area contributed by atoms with Crippen molar-refractivity contribution in [2.24, 2.45) is 4.99 Å². The van der Waals surface area contributed by atoms with Gasteiger partial charge in [0.05, 0.1) is 12.4 Å². The van der Waals surface area contributed by atoms with E-state index in [9.17, 15) is 15.0 Å². The predicted molar refractivity (Wildman–Crippen MR) is 93.7 cm³/mol. The number of hydrogen-bond donors (Lipinski definition) is 2. The van der Waals surface area contributed by atoms with Gasteiger partial charge in [0.1, 0.15) is 6.23 Å². The summed E-state index contributed by atoms with van der Waals surface area (Å²) >= 11 is 0. The van der Waals surface area contributed by atoms with Crippen molar-refractivity contribution >= 4 is 11.8 Å². The third-order valence-corrected chi connectivity index (χ3v) is 4.77. The van der Waals surface area contributed by atoms with Gasteiger partial charge in [0, 0.05) is 0 Å². The number of aliphatic carboxylic acids is 1. The van der Waals surface area contributed by atoms with Crippen molar-refractivity contribution in [3.05, 3.63) is 0 Å². The van der Waals surface area contributed by atoms with Gasteiger partial charge in [-0.2, -0.15) is 0 Å². The zero-order valence-electron chi connectivity index (χ0n) is 15.1. The van der Waals surface area contributed by atoms with Gasteiger partial charge in [0.2, 0.25) is 0 Å². The zero-order chi connectivity index (χ0) is 17.3. The van der Waals surface area contributed by atoms with Crippen LogP contribution in [0.1, 0.15) is 85.0 Å². The van der Waals surface area contributed by atoms with Gasteiger partial charge in [-0.1, -0.05) is 64.7 Å². The molecule has 0 bridgehead atoms. The van der Waals surface area contributed by atoms with Gasteiger partial charge in [0.25, 0.3) is 0 Å². The summed E-state index contributed by atoms with van der Waals surface area (Å²) < 4.78 is 0. The van der Waals surface area contributed by atoms with Crippen LogP contribution in [-0.4, -0.2) is 45.2 Å². The molecule has 1 aliphatic heterocycles. The minimum atomic E-state index is -1.07. The topological polar surface area (TPSA) is 73.1 Å². The summed E-state index contributed by atoms with van der Waals surface area (Å²) in [6, 6.07) is 0. The molecule has 0 aromatic heterocycles. The Hall–Kier alpha value is -1.10. The average molecular weight is 326 g/mol. The fraction of sp³-hybridized carbons (Fsp3) is 0.889. The quantitative estimate of drug-likeness (QED) is 0.535. The highest BCUT2D eigenvalue weighted by Gasteiger charge is 2.45. The number of nitrogens with zero attached hydrogens (tertiary/aromatic N) is 2. The maximum Gasteiger partial charge on any atom is 0.333 e. The first-order valence-electron chi connectivity index (χ1n) is 9.17. The molecule has 0 aromatic carbocycles. The summed E-state index contributed by atoms with van der Waals surface area (Å²) in [5, 5.41) is 19.3. The van der Waals surface area contributed by atoms with Crippen molar-refractivity contribution in [1.82, 2.24) is 4.90 Å². The molecule has 0 spiro atoms. The fourth-order valence-corrected chi connectivity index (χ4v) is 3.29. The van der Waals surface area contributed by atoms with Gasteiger partial charge < -0.3 is 15.1 Å². The van der Waals surface area contributed by atoms with Gasteiger partial charge in [-0.15, -0.1) is 0 Å². The maximum atomic E-state index is 11.7. The minimum Gasteiger partial charge on any atom is -0.479 e. The number of aliphatic hydroxyl groups is 1. The van der Waals surface area contributed by atoms with Crippen molar-refractivity contribution in [2.45, 2.75) is 96.7 Å². The number of hydrogen-bond acceptors (Lipinski definition) is 4. The number of rotatable bonds is 12. The highest BCUT2D eigenvalue weighted by atomic mass is 16.4. The summed E-state index contributed by atoms with van der Waals surface area (Å²) in [7, 11) is 0. The number of aliphatic hydroxyl groups excluding tert-OH is 1. The van der Waals surface area contributed by atoms with Crippen LogP contribution in [0.4, 0.5) is 0 Å². The largest absolute Gasteiger partial charge is 0.479 e. The molecule has 1 heterocycles. The van der Waals surface area contributed by atoms with Gasteiger partial charge in [-0.25, -0.2) is 4.79 Å². The normalized spacial score (nSPS) is 22.3. The lowest BCUT2D eigenvalue weighted by atomic mass is 9.92. The minimum absolute atomic E-state index is 0.281. The smallest absolute Gasteiger partial charge is 0.333 e. The molecule has 0 amide bonds. The van der Waals surface area contributed by atoms with E-state index in [1.54, 1.807) is 18.7 Å². The molecule has 0 aromatic rings. The van der Waals surface area contributed by atoms with Crippen molar-refractivity contribution in [2.75, 3.05) is 6.54 Å². The Kier molecular flexibility index (Phi) is 8.59. The van der Waals surface area contributed by atoms with Crippen LogP contribution in [0.15, 0.2) is 4.99 Å². The second-order valence-corrected chi connectivity index (χ2v) is 6.83. The molecule has 0 saturated carbocycles. The highest BCUT2D eigenvalue weighted by molar-refractivity contribution is 5.90. The molecule has 0 saturated heterocycles. The molecule has 0 radical (unpaired) electrons. The van der Waals surface area contributed by atoms with Crippen molar-refractivity contribution in [1.29, 1.82) is 0 Å². The van der Waals surface area contributed by atoms with Gasteiger partial charge >= 0.3 is 5.97 Å². The van der Waals surface area contributed by atoms with Crippen LogP contribution in [0.2, 0.25) is 0 Å². The molecule has 5 nitrogen and oxygen atoms in total. The number of aliphatic imine (C=N–C) groups is 1. The van der Waals surface area contributed by atoms with E-state index in [0.29, 0.717) is 12.3 Å². The Morgan fingerprint density at radius 3 is 2.13 bits per heavy atom. The van der Waals surface area contributed by atoms with Crippen LogP contribution < -0.4 is 0 Å². The third kappa shape index (κ3) is 6.13. The number of amidine groups is 1. The van der Waals surface area contributed by atoms with Gasteiger partial charge in [-0.05, 0) is 20.3 Å². The van der Waals surface area contributed by atoms with Crippen molar-refractivity contribution < 1.29 is 15.0 Å². The number of carboxylic acid groups (broad SMARTS) is 1. The molecule has 2 N–H and O–H groups in total. The highest BCUT2D eigenvalue weighted by Crippen LogP contribution is 2.29. The van der Waals surface area contributed by atoms with E-state index in [-0.39, 0.29) is 6.54 Å². The van der Waals surface area contributed by atoms with Crippen LogP contribution in [0.25, 0.3) is 0 Å². The Balaban J connectivity index is 2.30. The monoisotopic (exact) mass is 326 g/mol. The molecule has 1 aliphatic rings. The Bertz CT molecular complexity index is 396.